The van der Waals surface area contributed by atoms with Crippen molar-refractivity contribution in [3.63, 3.8) is 0 Å². The second-order valence-electron chi connectivity index (χ2n) is 20.0. The zero-order valence-electron chi connectivity index (χ0n) is 33.9. The molecular formula is C42H68O14. The van der Waals surface area contributed by atoms with Gasteiger partial charge in [-0.3, -0.25) is 0 Å². The number of carboxylic acid groups (broad SMARTS) is 1. The van der Waals surface area contributed by atoms with E-state index in [4.69, 9.17) is 18.9 Å². The maximum atomic E-state index is 12.3. The van der Waals surface area contributed by atoms with Gasteiger partial charge in [-0.1, -0.05) is 40.7 Å². The summed E-state index contributed by atoms with van der Waals surface area (Å²) >= 11 is 0. The van der Waals surface area contributed by atoms with Crippen LogP contribution in [0.15, 0.2) is 11.6 Å². The van der Waals surface area contributed by atoms with Crippen molar-refractivity contribution >= 4 is 5.97 Å². The highest BCUT2D eigenvalue weighted by Gasteiger charge is 2.83. The molecule has 0 radical (unpaired) electrons. The van der Waals surface area contributed by atoms with Crippen LogP contribution in [0.1, 0.15) is 106 Å². The first-order valence-electron chi connectivity index (χ1n) is 21.1. The molecule has 7 aliphatic rings. The van der Waals surface area contributed by atoms with Crippen molar-refractivity contribution in [2.24, 2.45) is 50.7 Å². The molecule has 2 saturated heterocycles. The molecule has 2 aliphatic heterocycles. The van der Waals surface area contributed by atoms with Gasteiger partial charge in [0, 0.05) is 11.0 Å². The van der Waals surface area contributed by atoms with Gasteiger partial charge in [0.2, 0.25) is 0 Å². The van der Waals surface area contributed by atoms with Crippen molar-refractivity contribution < 1.29 is 69.7 Å². The summed E-state index contributed by atoms with van der Waals surface area (Å²) in [5.74, 6) is 0.619. The van der Waals surface area contributed by atoms with Crippen molar-refractivity contribution in [3.8, 4) is 0 Å². The number of aliphatic hydroxyl groups is 8. The second kappa shape index (κ2) is 15.0. The van der Waals surface area contributed by atoms with Gasteiger partial charge < -0.3 is 64.9 Å². The highest BCUT2D eigenvalue weighted by molar-refractivity contribution is 5.85. The summed E-state index contributed by atoms with van der Waals surface area (Å²) in [5, 5.41) is 95.0. The van der Waals surface area contributed by atoms with Crippen molar-refractivity contribution in [1.82, 2.24) is 0 Å². The van der Waals surface area contributed by atoms with Gasteiger partial charge >= 0.3 is 5.97 Å². The fourth-order valence-corrected chi connectivity index (χ4v) is 14.3. The summed E-state index contributed by atoms with van der Waals surface area (Å²) in [4.78, 5) is 11.4. The largest absolute Gasteiger partial charge is 0.478 e. The number of aliphatic carboxylic acids is 1. The molecule has 2 heterocycles. The average Bonchev–Trinajstić information content (AvgIpc) is 3.72. The number of carbonyl (C=O) groups is 1. The summed E-state index contributed by atoms with van der Waals surface area (Å²) in [6.45, 7) is 11.9. The van der Waals surface area contributed by atoms with Crippen molar-refractivity contribution in [1.29, 1.82) is 0 Å². The lowest BCUT2D eigenvalue weighted by atomic mass is 9.41. The van der Waals surface area contributed by atoms with Crippen molar-refractivity contribution in [2.75, 3.05) is 13.2 Å². The first-order valence-corrected chi connectivity index (χ1v) is 21.1. The Labute approximate surface area is 330 Å². The minimum atomic E-state index is -1.74. The number of rotatable bonds is 11. The number of aliphatic hydroxyl groups excluding tert-OH is 8. The Morgan fingerprint density at radius 2 is 1.41 bits per heavy atom. The molecule has 14 heteroatoms. The van der Waals surface area contributed by atoms with E-state index in [0.29, 0.717) is 42.1 Å². The highest BCUT2D eigenvalue weighted by Crippen LogP contribution is 2.89. The van der Waals surface area contributed by atoms with Crippen LogP contribution in [-0.4, -0.2) is 139 Å². The van der Waals surface area contributed by atoms with Crippen LogP contribution in [0.2, 0.25) is 0 Å². The van der Waals surface area contributed by atoms with Gasteiger partial charge in [0.15, 0.2) is 12.6 Å². The van der Waals surface area contributed by atoms with Crippen LogP contribution < -0.4 is 0 Å². The van der Waals surface area contributed by atoms with E-state index in [1.807, 2.05) is 6.08 Å². The lowest BCUT2D eigenvalue weighted by Crippen LogP contribution is -2.65. The second-order valence-corrected chi connectivity index (χ2v) is 20.0. The molecule has 56 heavy (non-hydrogen) atoms. The Morgan fingerprint density at radius 3 is 2.07 bits per heavy atom. The fraction of sp³-hybridized carbons (Fsp3) is 0.929. The molecule has 2 spiro atoms. The smallest absolute Gasteiger partial charge is 0.330 e. The minimum Gasteiger partial charge on any atom is -0.478 e. The maximum Gasteiger partial charge on any atom is 0.330 e. The van der Waals surface area contributed by atoms with Crippen LogP contribution >= 0.6 is 0 Å². The lowest BCUT2D eigenvalue weighted by molar-refractivity contribution is -0.367. The van der Waals surface area contributed by atoms with Crippen LogP contribution in [0.5, 0.6) is 0 Å². The van der Waals surface area contributed by atoms with Crippen LogP contribution in [0.3, 0.4) is 0 Å². The van der Waals surface area contributed by atoms with Crippen molar-refractivity contribution in [3.05, 3.63) is 11.6 Å². The standard InChI is InChI=1S/C42H68O14/c1-20(8-7-9-21(2)35(51)52)22-12-14-39(5)26-11-10-25-38(3,4)28(13-15-41(25)19-42(26,41)16-27(45)40(22,39)6)55-36-33(50)31(48)34(24(18-44)54-36)56-37-32(49)30(47)29(46)23(17-43)53-37/h9,20,22-34,36-37,43-50H,7-8,10-19H2,1-6H3,(H,51,52)/b21-9+/t20-,22-,23-,24+,25-,26+,27+,28+,29+,30+,31+,32-,33+,34+,36+,37-,39+,40+,41-,42+/m1/s1. The zero-order chi connectivity index (χ0) is 40.9. The van der Waals surface area contributed by atoms with Gasteiger partial charge in [0.05, 0.1) is 25.4 Å². The quantitative estimate of drug-likeness (QED) is 0.107. The predicted octanol–water partition coefficient (Wildman–Crippen LogP) is 1.85. The third kappa shape index (κ3) is 6.21. The summed E-state index contributed by atoms with van der Waals surface area (Å²) < 4.78 is 23.8. The SMILES string of the molecule is C/C(=C\CC[C@@H](C)[C@H]1CC[C@@]2(C)[C@@H]3CC[C@@H]4C(C)(C)[C@@H](O[C@@H]5O[C@@H](CO)[C@H](O[C@H]6O[C@H](CO)[C@H](O)[C@H](O)[C@H]6O)[C@@H](O)[C@@H]5O)CC[C@@]45C[C@@]35C[C@H](O)[C@]12C)C(=O)O. The summed E-state index contributed by atoms with van der Waals surface area (Å²) in [6.07, 6.45) is -4.68. The first-order chi connectivity index (χ1) is 26.2. The van der Waals surface area contributed by atoms with Crippen LogP contribution in [0.25, 0.3) is 0 Å². The topological polar surface area (TPSA) is 236 Å². The van der Waals surface area contributed by atoms with Gasteiger partial charge in [0.1, 0.15) is 48.8 Å². The van der Waals surface area contributed by atoms with Gasteiger partial charge in [-0.05, 0) is 116 Å². The Morgan fingerprint density at radius 1 is 0.786 bits per heavy atom. The number of ether oxygens (including phenoxy) is 4. The Kier molecular flexibility index (Phi) is 11.5. The van der Waals surface area contributed by atoms with E-state index in [1.165, 1.54) is 0 Å². The highest BCUT2D eigenvalue weighted by atomic mass is 16.7. The van der Waals surface area contributed by atoms with Gasteiger partial charge in [-0.2, -0.15) is 0 Å². The fourth-order valence-electron chi connectivity index (χ4n) is 14.3. The number of hydrogen-bond donors (Lipinski definition) is 9. The molecule has 14 nitrogen and oxygen atoms in total. The van der Waals surface area contributed by atoms with E-state index in [0.717, 1.165) is 51.4 Å². The van der Waals surface area contributed by atoms with Gasteiger partial charge in [-0.25, -0.2) is 4.79 Å². The van der Waals surface area contributed by atoms with Crippen LogP contribution in [0.4, 0.5) is 0 Å². The van der Waals surface area contributed by atoms with E-state index < -0.39 is 86.7 Å². The normalized spacial score (nSPS) is 53.0. The summed E-state index contributed by atoms with van der Waals surface area (Å²) in [6, 6.07) is 0. The Bertz CT molecular complexity index is 1490. The lowest BCUT2D eigenvalue weighted by Gasteiger charge is -2.65. The van der Waals surface area contributed by atoms with E-state index in [2.05, 4.69) is 34.6 Å². The van der Waals surface area contributed by atoms with E-state index in [-0.39, 0.29) is 33.2 Å². The third-order valence-electron chi connectivity index (χ3n) is 17.5. The number of fused-ring (bicyclic) bond motifs is 2. The summed E-state index contributed by atoms with van der Waals surface area (Å²) in [5.41, 5.74) is -0.119. The third-order valence-corrected chi connectivity index (χ3v) is 17.5. The molecular weight excluding hydrogens is 728 g/mol. The molecule has 0 bridgehead atoms. The molecule has 0 aromatic rings. The molecule has 5 saturated carbocycles. The molecule has 0 aromatic carbocycles. The first kappa shape index (κ1) is 42.8. The van der Waals surface area contributed by atoms with Gasteiger partial charge in [-0.15, -0.1) is 0 Å². The van der Waals surface area contributed by atoms with Crippen LogP contribution in [-0.2, 0) is 23.7 Å². The number of carboxylic acids is 1. The molecule has 0 amide bonds. The Balaban J connectivity index is 1.03. The number of hydrogen-bond acceptors (Lipinski definition) is 13. The average molecular weight is 797 g/mol. The Hall–Kier alpha value is -1.27. The monoisotopic (exact) mass is 796 g/mol. The summed E-state index contributed by atoms with van der Waals surface area (Å²) in [7, 11) is 0. The van der Waals surface area contributed by atoms with E-state index in [1.54, 1.807) is 6.92 Å². The van der Waals surface area contributed by atoms with Crippen molar-refractivity contribution in [2.45, 2.75) is 179 Å². The molecule has 320 valence electrons. The van der Waals surface area contributed by atoms with Crippen LogP contribution in [0, 0.1) is 50.7 Å². The minimum absolute atomic E-state index is 0.0217. The van der Waals surface area contributed by atoms with E-state index in [9.17, 15) is 50.8 Å². The molecule has 20 atom stereocenters. The molecule has 5 aliphatic carbocycles. The molecule has 9 N–H and O–H groups in total. The number of allylic oxidation sites excluding steroid dienone is 1. The predicted molar refractivity (Wildman–Crippen MR) is 199 cm³/mol. The van der Waals surface area contributed by atoms with E-state index >= 15 is 0 Å². The zero-order valence-corrected chi connectivity index (χ0v) is 33.9. The van der Waals surface area contributed by atoms with Gasteiger partial charge in [0.25, 0.3) is 0 Å². The molecule has 0 unspecified atom stereocenters. The molecule has 7 rings (SSSR count). The molecule has 7 fully saturated rings. The maximum absolute atomic E-state index is 12.3. The molecule has 0 aromatic heterocycles.